The molecule has 5 heteroatoms. The van der Waals surface area contributed by atoms with Crippen molar-refractivity contribution >= 4 is 23.4 Å². The van der Waals surface area contributed by atoms with E-state index in [4.69, 9.17) is 14.7 Å². The van der Waals surface area contributed by atoms with Crippen LogP contribution in [0.25, 0.3) is 22.5 Å². The zero-order valence-corrected chi connectivity index (χ0v) is 9.74. The summed E-state index contributed by atoms with van der Waals surface area (Å²) in [4.78, 5) is 0. The van der Waals surface area contributed by atoms with Crippen molar-refractivity contribution in [3.05, 3.63) is 42.1 Å². The van der Waals surface area contributed by atoms with Gasteiger partial charge in [-0.25, -0.2) is 0 Å². The maximum Gasteiger partial charge on any atom is 0.202 e. The quantitative estimate of drug-likeness (QED) is 0.759. The molecule has 0 atom stereocenters. The highest BCUT2D eigenvalue weighted by molar-refractivity contribution is 5.85. The second-order valence-corrected chi connectivity index (χ2v) is 3.54. The first-order chi connectivity index (χ1) is 7.86. The molecule has 0 saturated heterocycles. The summed E-state index contributed by atoms with van der Waals surface area (Å²) in [7, 11) is 0. The van der Waals surface area contributed by atoms with Crippen molar-refractivity contribution in [1.29, 1.82) is 0 Å². The number of nitrogens with zero attached hydrogens (tertiary/aromatic N) is 1. The van der Waals surface area contributed by atoms with Crippen LogP contribution in [0, 0.1) is 0 Å². The van der Waals surface area contributed by atoms with Crippen molar-refractivity contribution in [2.45, 2.75) is 6.54 Å². The summed E-state index contributed by atoms with van der Waals surface area (Å²) in [5.74, 6) is 1.28. The highest BCUT2D eigenvalue weighted by atomic mass is 35.5. The van der Waals surface area contributed by atoms with Crippen molar-refractivity contribution < 1.29 is 8.94 Å². The molecule has 1 aromatic carbocycles. The Kier molecular flexibility index (Phi) is 3.17. The molecule has 0 unspecified atom stereocenters. The number of rotatable bonds is 2. The number of furan rings is 1. The van der Waals surface area contributed by atoms with Crippen LogP contribution in [0.1, 0.15) is 5.69 Å². The first-order valence-corrected chi connectivity index (χ1v) is 5.01. The SMILES string of the molecule is Cl.NCc1cc(-c2cc3ccccc3o2)on1. The number of fused-ring (bicyclic) bond motifs is 1. The Hall–Kier alpha value is -1.78. The molecule has 2 heterocycles. The molecular formula is C12H11ClN2O2. The molecule has 0 fully saturated rings. The smallest absolute Gasteiger partial charge is 0.202 e. The molecule has 2 aromatic heterocycles. The minimum atomic E-state index is 0. The molecule has 0 amide bonds. The van der Waals surface area contributed by atoms with E-state index in [1.54, 1.807) is 6.07 Å². The fourth-order valence-electron chi connectivity index (χ4n) is 1.63. The monoisotopic (exact) mass is 250 g/mol. The molecule has 3 rings (SSSR count). The Labute approximate surface area is 104 Å². The maximum atomic E-state index is 5.64. The lowest BCUT2D eigenvalue weighted by atomic mass is 10.2. The van der Waals surface area contributed by atoms with Gasteiger partial charge >= 0.3 is 0 Å². The van der Waals surface area contributed by atoms with Crippen LogP contribution in [-0.2, 0) is 6.54 Å². The Balaban J connectivity index is 0.00000108. The van der Waals surface area contributed by atoms with Crippen LogP contribution < -0.4 is 5.73 Å². The molecular weight excluding hydrogens is 240 g/mol. The van der Waals surface area contributed by atoms with E-state index in [9.17, 15) is 0 Å². The van der Waals surface area contributed by atoms with E-state index in [1.807, 2.05) is 30.3 Å². The highest BCUT2D eigenvalue weighted by Gasteiger charge is 2.10. The predicted octanol–water partition coefficient (Wildman–Crippen LogP) is 2.97. The van der Waals surface area contributed by atoms with Gasteiger partial charge in [-0.2, -0.15) is 0 Å². The normalized spacial score (nSPS) is 10.4. The van der Waals surface area contributed by atoms with Gasteiger partial charge < -0.3 is 14.7 Å². The molecule has 4 nitrogen and oxygen atoms in total. The first-order valence-electron chi connectivity index (χ1n) is 5.01. The molecule has 17 heavy (non-hydrogen) atoms. The second-order valence-electron chi connectivity index (χ2n) is 3.54. The third-order valence-electron chi connectivity index (χ3n) is 2.44. The van der Waals surface area contributed by atoms with Crippen LogP contribution in [0.15, 0.2) is 45.3 Å². The van der Waals surface area contributed by atoms with E-state index in [-0.39, 0.29) is 12.4 Å². The lowest BCUT2D eigenvalue weighted by molar-refractivity contribution is 0.413. The maximum absolute atomic E-state index is 5.64. The Morgan fingerprint density at radius 1 is 1.12 bits per heavy atom. The number of para-hydroxylation sites is 1. The second kappa shape index (κ2) is 4.61. The van der Waals surface area contributed by atoms with Gasteiger partial charge in [-0.05, 0) is 12.1 Å². The molecule has 0 saturated carbocycles. The van der Waals surface area contributed by atoms with Crippen molar-refractivity contribution in [2.24, 2.45) is 5.73 Å². The van der Waals surface area contributed by atoms with Gasteiger partial charge in [0.05, 0.1) is 5.69 Å². The largest absolute Gasteiger partial charge is 0.453 e. The third kappa shape index (κ3) is 2.05. The highest BCUT2D eigenvalue weighted by Crippen LogP contribution is 2.27. The molecule has 88 valence electrons. The van der Waals surface area contributed by atoms with E-state index < -0.39 is 0 Å². The summed E-state index contributed by atoms with van der Waals surface area (Å²) in [6, 6.07) is 11.5. The topological polar surface area (TPSA) is 65.2 Å². The summed E-state index contributed by atoms with van der Waals surface area (Å²) in [6.07, 6.45) is 0. The molecule has 0 aliphatic rings. The summed E-state index contributed by atoms with van der Waals surface area (Å²) >= 11 is 0. The van der Waals surface area contributed by atoms with Gasteiger partial charge in [0.2, 0.25) is 5.76 Å². The van der Waals surface area contributed by atoms with Crippen LogP contribution in [0.2, 0.25) is 0 Å². The van der Waals surface area contributed by atoms with E-state index in [2.05, 4.69) is 5.16 Å². The van der Waals surface area contributed by atoms with Crippen LogP contribution in [-0.4, -0.2) is 5.16 Å². The molecule has 0 spiro atoms. The lowest BCUT2D eigenvalue weighted by Gasteiger charge is -1.85. The van der Waals surface area contributed by atoms with Crippen molar-refractivity contribution in [3.8, 4) is 11.5 Å². The zero-order valence-electron chi connectivity index (χ0n) is 8.92. The van der Waals surface area contributed by atoms with Crippen molar-refractivity contribution in [3.63, 3.8) is 0 Å². The fourth-order valence-corrected chi connectivity index (χ4v) is 1.63. The molecule has 0 bridgehead atoms. The van der Waals surface area contributed by atoms with Gasteiger partial charge in [0.25, 0.3) is 0 Å². The average Bonchev–Trinajstić information content (AvgIpc) is 2.95. The number of hydrogen-bond acceptors (Lipinski definition) is 4. The van der Waals surface area contributed by atoms with Gasteiger partial charge in [-0.3, -0.25) is 0 Å². The standard InChI is InChI=1S/C12H10N2O2.ClH/c13-7-9-6-12(16-14-9)11-5-8-3-1-2-4-10(8)15-11;/h1-6H,7,13H2;1H. The fraction of sp³-hybridized carbons (Fsp3) is 0.0833. The van der Waals surface area contributed by atoms with Crippen LogP contribution in [0.3, 0.4) is 0 Å². The molecule has 3 aromatic rings. The Morgan fingerprint density at radius 3 is 2.65 bits per heavy atom. The Morgan fingerprint density at radius 2 is 1.94 bits per heavy atom. The van der Waals surface area contributed by atoms with Crippen LogP contribution in [0.5, 0.6) is 0 Å². The van der Waals surface area contributed by atoms with Gasteiger partial charge in [0.1, 0.15) is 5.58 Å². The van der Waals surface area contributed by atoms with E-state index in [0.717, 1.165) is 16.7 Å². The van der Waals surface area contributed by atoms with Crippen LogP contribution in [0.4, 0.5) is 0 Å². The number of aromatic nitrogens is 1. The molecule has 0 aliphatic heterocycles. The summed E-state index contributed by atoms with van der Waals surface area (Å²) in [5, 5.41) is 4.87. The van der Waals surface area contributed by atoms with Crippen molar-refractivity contribution in [1.82, 2.24) is 5.16 Å². The third-order valence-corrected chi connectivity index (χ3v) is 2.44. The number of hydrogen-bond donors (Lipinski definition) is 1. The molecule has 0 aliphatic carbocycles. The summed E-state index contributed by atoms with van der Waals surface area (Å²) < 4.78 is 10.8. The predicted molar refractivity (Wildman–Crippen MR) is 66.9 cm³/mol. The molecule has 2 N–H and O–H groups in total. The van der Waals surface area contributed by atoms with Crippen molar-refractivity contribution in [2.75, 3.05) is 0 Å². The van der Waals surface area contributed by atoms with E-state index in [0.29, 0.717) is 18.1 Å². The Bertz CT molecular complexity index is 597. The van der Waals surface area contributed by atoms with Crippen LogP contribution >= 0.6 is 12.4 Å². The summed E-state index contributed by atoms with van der Waals surface area (Å²) in [6.45, 7) is 0.365. The summed E-state index contributed by atoms with van der Waals surface area (Å²) in [5.41, 5.74) is 7.02. The van der Waals surface area contributed by atoms with E-state index in [1.165, 1.54) is 0 Å². The number of nitrogens with two attached hydrogens (primary N) is 1. The van der Waals surface area contributed by atoms with E-state index >= 15 is 0 Å². The number of benzene rings is 1. The minimum Gasteiger partial charge on any atom is -0.453 e. The lowest BCUT2D eigenvalue weighted by Crippen LogP contribution is -1.94. The minimum absolute atomic E-state index is 0. The van der Waals surface area contributed by atoms with Gasteiger partial charge in [-0.15, -0.1) is 12.4 Å². The first kappa shape index (κ1) is 11.7. The molecule has 0 radical (unpaired) electrons. The average molecular weight is 251 g/mol. The number of halogens is 1. The van der Waals surface area contributed by atoms with Gasteiger partial charge in [0.15, 0.2) is 5.76 Å². The van der Waals surface area contributed by atoms with Gasteiger partial charge in [-0.1, -0.05) is 23.4 Å². The van der Waals surface area contributed by atoms with Gasteiger partial charge in [0, 0.05) is 18.0 Å². The zero-order chi connectivity index (χ0) is 11.0.